The quantitative estimate of drug-likeness (QED) is 0.670. The maximum Gasteiger partial charge on any atom is 0.328 e. The first kappa shape index (κ1) is 18.6. The van der Waals surface area contributed by atoms with Crippen LogP contribution in [0.25, 0.3) is 6.08 Å². The fraction of sp³-hybridized carbons (Fsp3) is 0.250. The van der Waals surface area contributed by atoms with E-state index in [0.29, 0.717) is 22.8 Å². The molecule has 2 aromatic rings. The summed E-state index contributed by atoms with van der Waals surface area (Å²) in [5.41, 5.74) is 2.07. The van der Waals surface area contributed by atoms with Gasteiger partial charge in [0.15, 0.2) is 23.0 Å². The van der Waals surface area contributed by atoms with E-state index in [4.69, 9.17) is 19.3 Å². The molecule has 0 amide bonds. The molecule has 0 aromatic heterocycles. The van der Waals surface area contributed by atoms with Crippen LogP contribution in [0.4, 0.5) is 0 Å². The van der Waals surface area contributed by atoms with E-state index < -0.39 is 12.1 Å². The molecule has 0 spiro atoms. The molecular weight excluding hydrogens is 352 g/mol. The zero-order valence-electron chi connectivity index (χ0n) is 14.9. The summed E-state index contributed by atoms with van der Waals surface area (Å²) in [4.78, 5) is 10.8. The maximum atomic E-state index is 10.8. The summed E-state index contributed by atoms with van der Waals surface area (Å²) in [7, 11) is 2.95. The zero-order chi connectivity index (χ0) is 19.6. The minimum Gasteiger partial charge on any atom is -0.504 e. The van der Waals surface area contributed by atoms with Crippen LogP contribution in [0.3, 0.4) is 0 Å². The molecular formula is C20H20O7. The second-order valence-electron chi connectivity index (χ2n) is 6.07. The Balaban J connectivity index is 2.04. The van der Waals surface area contributed by atoms with Crippen LogP contribution in [0.1, 0.15) is 28.7 Å². The molecule has 2 aromatic carbocycles. The molecule has 0 unspecified atom stereocenters. The highest BCUT2D eigenvalue weighted by Crippen LogP contribution is 2.51. The number of rotatable bonds is 6. The van der Waals surface area contributed by atoms with Crippen LogP contribution >= 0.6 is 0 Å². The smallest absolute Gasteiger partial charge is 0.328 e. The number of methoxy groups -OCH3 is 2. The van der Waals surface area contributed by atoms with Crippen LogP contribution in [0.2, 0.25) is 0 Å². The lowest BCUT2D eigenvalue weighted by molar-refractivity contribution is -0.131. The van der Waals surface area contributed by atoms with Crippen molar-refractivity contribution in [2.24, 2.45) is 0 Å². The molecule has 142 valence electrons. The highest BCUT2D eigenvalue weighted by atomic mass is 16.5. The average molecular weight is 372 g/mol. The molecule has 0 bridgehead atoms. The summed E-state index contributed by atoms with van der Waals surface area (Å²) in [5, 5.41) is 28.6. The van der Waals surface area contributed by atoms with Crippen LogP contribution in [0.15, 0.2) is 36.4 Å². The number of hydrogen-bond donors (Lipinski definition) is 3. The van der Waals surface area contributed by atoms with Gasteiger partial charge in [-0.1, -0.05) is 6.07 Å². The molecule has 1 aliphatic heterocycles. The van der Waals surface area contributed by atoms with Gasteiger partial charge in [0.2, 0.25) is 0 Å². The summed E-state index contributed by atoms with van der Waals surface area (Å²) >= 11 is 0. The second-order valence-corrected chi connectivity index (χ2v) is 6.07. The van der Waals surface area contributed by atoms with Gasteiger partial charge in [-0.05, 0) is 41.5 Å². The minimum atomic E-state index is -1.06. The van der Waals surface area contributed by atoms with Gasteiger partial charge < -0.3 is 29.5 Å². The van der Waals surface area contributed by atoms with Gasteiger partial charge in [-0.25, -0.2) is 4.79 Å². The lowest BCUT2D eigenvalue weighted by Gasteiger charge is -2.18. The van der Waals surface area contributed by atoms with E-state index in [1.165, 1.54) is 26.4 Å². The van der Waals surface area contributed by atoms with E-state index in [2.05, 4.69) is 0 Å². The molecule has 0 saturated heterocycles. The number of carboxylic acids is 1. The topological polar surface area (TPSA) is 105 Å². The molecule has 0 saturated carbocycles. The lowest BCUT2D eigenvalue weighted by Crippen LogP contribution is -2.13. The number of aliphatic carboxylic acids is 1. The van der Waals surface area contributed by atoms with Gasteiger partial charge in [0.1, 0.15) is 6.10 Å². The van der Waals surface area contributed by atoms with Gasteiger partial charge in [0, 0.05) is 11.6 Å². The van der Waals surface area contributed by atoms with Gasteiger partial charge in [-0.15, -0.1) is 0 Å². The normalized spacial score (nSPS) is 18.2. The molecule has 2 atom stereocenters. The molecule has 0 aliphatic carbocycles. The molecule has 0 fully saturated rings. The number of phenols is 1. The number of carboxylic acid groups (broad SMARTS) is 1. The van der Waals surface area contributed by atoms with Crippen LogP contribution in [0.5, 0.6) is 23.0 Å². The van der Waals surface area contributed by atoms with Crippen molar-refractivity contribution in [2.45, 2.75) is 12.0 Å². The maximum absolute atomic E-state index is 10.8. The molecule has 3 N–H and O–H groups in total. The fourth-order valence-electron chi connectivity index (χ4n) is 3.20. The van der Waals surface area contributed by atoms with Crippen LogP contribution < -0.4 is 14.2 Å². The molecule has 1 aliphatic rings. The number of aliphatic hydroxyl groups excluding tert-OH is 1. The fourth-order valence-corrected chi connectivity index (χ4v) is 3.20. The van der Waals surface area contributed by atoms with Crippen molar-refractivity contribution in [3.05, 3.63) is 53.1 Å². The molecule has 1 heterocycles. The Morgan fingerprint density at radius 3 is 2.56 bits per heavy atom. The Labute approximate surface area is 156 Å². The van der Waals surface area contributed by atoms with E-state index in [1.54, 1.807) is 24.3 Å². The second kappa shape index (κ2) is 7.59. The predicted octanol–water partition coefficient (Wildman–Crippen LogP) is 2.72. The summed E-state index contributed by atoms with van der Waals surface area (Å²) in [6.07, 6.45) is 1.98. The number of aromatic hydroxyl groups is 1. The number of aliphatic hydroxyl groups is 1. The van der Waals surface area contributed by atoms with E-state index >= 15 is 0 Å². The minimum absolute atomic E-state index is 0.0102. The highest BCUT2D eigenvalue weighted by Gasteiger charge is 2.37. The standard InChI is InChI=1S/C20H20O7/c1-25-16-9-12(4-5-15(16)22)19-14(10-21)13-7-11(3-6-18(23)24)8-17(26-2)20(13)27-19/h3-9,14,19,21-22H,10H2,1-2H3,(H,23,24)/b6-3+/t14-,19+/m0/s1. The van der Waals surface area contributed by atoms with Gasteiger partial charge in [0.25, 0.3) is 0 Å². The number of fused-ring (bicyclic) bond motifs is 1. The zero-order valence-corrected chi connectivity index (χ0v) is 14.9. The number of carbonyl (C=O) groups is 1. The Hall–Kier alpha value is -3.19. The summed E-state index contributed by atoms with van der Waals surface area (Å²) in [6.45, 7) is -0.184. The third kappa shape index (κ3) is 3.54. The van der Waals surface area contributed by atoms with Crippen LogP contribution in [-0.4, -0.2) is 42.1 Å². The van der Waals surface area contributed by atoms with Gasteiger partial charge in [0.05, 0.1) is 26.7 Å². The Morgan fingerprint density at radius 1 is 1.19 bits per heavy atom. The van der Waals surface area contributed by atoms with Gasteiger partial charge in [-0.2, -0.15) is 0 Å². The first-order valence-corrected chi connectivity index (χ1v) is 8.25. The first-order chi connectivity index (χ1) is 13.0. The third-order valence-corrected chi connectivity index (χ3v) is 4.48. The summed E-state index contributed by atoms with van der Waals surface area (Å²) in [5.74, 6) is -0.179. The van der Waals surface area contributed by atoms with Crippen LogP contribution in [0, 0.1) is 0 Å². The summed E-state index contributed by atoms with van der Waals surface area (Å²) < 4.78 is 16.6. The molecule has 7 nitrogen and oxygen atoms in total. The highest BCUT2D eigenvalue weighted by molar-refractivity contribution is 5.85. The van der Waals surface area contributed by atoms with Crippen LogP contribution in [-0.2, 0) is 4.79 Å². The average Bonchev–Trinajstić information content (AvgIpc) is 3.04. The van der Waals surface area contributed by atoms with E-state index in [9.17, 15) is 15.0 Å². The van der Waals surface area contributed by atoms with Crippen molar-refractivity contribution in [3.8, 4) is 23.0 Å². The Bertz CT molecular complexity index is 888. The van der Waals surface area contributed by atoms with Crippen molar-refractivity contribution in [1.29, 1.82) is 0 Å². The van der Waals surface area contributed by atoms with Crippen molar-refractivity contribution >= 4 is 12.0 Å². The molecule has 3 rings (SSSR count). The van der Waals surface area contributed by atoms with Crippen molar-refractivity contribution in [2.75, 3.05) is 20.8 Å². The molecule has 0 radical (unpaired) electrons. The van der Waals surface area contributed by atoms with E-state index in [1.807, 2.05) is 0 Å². The largest absolute Gasteiger partial charge is 0.504 e. The number of hydrogen-bond acceptors (Lipinski definition) is 6. The van der Waals surface area contributed by atoms with Crippen molar-refractivity contribution in [3.63, 3.8) is 0 Å². The predicted molar refractivity (Wildman–Crippen MR) is 97.5 cm³/mol. The lowest BCUT2D eigenvalue weighted by atomic mass is 9.90. The number of benzene rings is 2. The van der Waals surface area contributed by atoms with Crippen molar-refractivity contribution in [1.82, 2.24) is 0 Å². The van der Waals surface area contributed by atoms with E-state index in [-0.39, 0.29) is 18.3 Å². The third-order valence-electron chi connectivity index (χ3n) is 4.48. The van der Waals surface area contributed by atoms with Crippen molar-refractivity contribution < 1.29 is 34.3 Å². The molecule has 27 heavy (non-hydrogen) atoms. The SMILES string of the molecule is COc1cc([C@H]2Oc3c(OC)cc(/C=C/C(=O)O)cc3[C@@H]2CO)ccc1O. The summed E-state index contributed by atoms with van der Waals surface area (Å²) in [6, 6.07) is 8.32. The Kier molecular flexibility index (Phi) is 5.23. The first-order valence-electron chi connectivity index (χ1n) is 8.25. The monoisotopic (exact) mass is 372 g/mol. The van der Waals surface area contributed by atoms with Gasteiger partial charge >= 0.3 is 5.97 Å². The number of ether oxygens (including phenoxy) is 3. The van der Waals surface area contributed by atoms with Gasteiger partial charge in [-0.3, -0.25) is 0 Å². The Morgan fingerprint density at radius 2 is 1.93 bits per heavy atom. The number of phenolic OH excluding ortho intramolecular Hbond substituents is 1. The molecule has 7 heteroatoms. The van der Waals surface area contributed by atoms with E-state index in [0.717, 1.165) is 17.2 Å².